The highest BCUT2D eigenvalue weighted by Crippen LogP contribution is 2.32. The van der Waals surface area contributed by atoms with Crippen molar-refractivity contribution in [3.05, 3.63) is 0 Å². The quantitative estimate of drug-likeness (QED) is 0.737. The smallest absolute Gasteiger partial charge is 0.305 e. The fourth-order valence-corrected chi connectivity index (χ4v) is 2.26. The molecule has 98 valence electrons. The normalized spacial score (nSPS) is 18.3. The van der Waals surface area contributed by atoms with Crippen molar-refractivity contribution in [3.8, 4) is 0 Å². The van der Waals surface area contributed by atoms with Crippen LogP contribution in [0.4, 0.5) is 0 Å². The zero-order valence-electron chi connectivity index (χ0n) is 10.5. The summed E-state index contributed by atoms with van der Waals surface area (Å²) in [7, 11) is 0. The van der Waals surface area contributed by atoms with Gasteiger partial charge in [0.25, 0.3) is 0 Å². The molecule has 0 bridgehead atoms. The Balaban J connectivity index is 2.49. The van der Waals surface area contributed by atoms with Crippen molar-refractivity contribution in [1.29, 1.82) is 0 Å². The van der Waals surface area contributed by atoms with Gasteiger partial charge >= 0.3 is 5.97 Å². The van der Waals surface area contributed by atoms with Crippen LogP contribution in [0, 0.1) is 0 Å². The topological polar surface area (TPSA) is 75.6 Å². The molecule has 1 rings (SSSR count). The molecule has 0 atom stereocenters. The lowest BCUT2D eigenvalue weighted by Crippen LogP contribution is -2.49. The summed E-state index contributed by atoms with van der Waals surface area (Å²) in [5.41, 5.74) is -0.552. The first-order chi connectivity index (χ1) is 7.93. The fourth-order valence-electron chi connectivity index (χ4n) is 2.26. The highest BCUT2D eigenvalue weighted by atomic mass is 16.5. The number of carboxylic acids is 1. The number of amides is 1. The number of carboxylic acid groups (broad SMARTS) is 1. The third-order valence-electron chi connectivity index (χ3n) is 3.00. The van der Waals surface area contributed by atoms with Crippen LogP contribution in [-0.4, -0.2) is 35.2 Å². The maximum atomic E-state index is 11.7. The van der Waals surface area contributed by atoms with Crippen LogP contribution in [0.5, 0.6) is 0 Å². The summed E-state index contributed by atoms with van der Waals surface area (Å²) >= 11 is 0. The summed E-state index contributed by atoms with van der Waals surface area (Å²) in [6.45, 7) is 3.71. The van der Waals surface area contributed by atoms with E-state index >= 15 is 0 Å². The lowest BCUT2D eigenvalue weighted by Gasteiger charge is -2.28. The second-order valence-electron chi connectivity index (χ2n) is 4.97. The average molecular weight is 243 g/mol. The Morgan fingerprint density at radius 3 is 2.41 bits per heavy atom. The van der Waals surface area contributed by atoms with Gasteiger partial charge in [-0.25, -0.2) is 0 Å². The molecule has 2 N–H and O–H groups in total. The van der Waals surface area contributed by atoms with Gasteiger partial charge in [0.05, 0.1) is 18.1 Å². The average Bonchev–Trinajstić information content (AvgIpc) is 2.62. The Morgan fingerprint density at radius 2 is 1.94 bits per heavy atom. The van der Waals surface area contributed by atoms with Crippen LogP contribution in [0.1, 0.15) is 46.0 Å². The lowest BCUT2D eigenvalue weighted by molar-refractivity contribution is -0.139. The molecule has 0 heterocycles. The lowest BCUT2D eigenvalue weighted by atomic mass is 9.93. The van der Waals surface area contributed by atoms with Crippen LogP contribution in [0.3, 0.4) is 0 Å². The molecule has 0 spiro atoms. The number of aliphatic carboxylic acids is 1. The summed E-state index contributed by atoms with van der Waals surface area (Å²) in [6.07, 6.45) is 3.43. The first-order valence-electron chi connectivity index (χ1n) is 6.08. The summed E-state index contributed by atoms with van der Waals surface area (Å²) in [5.74, 6) is -1.08. The number of carbonyl (C=O) groups is 2. The van der Waals surface area contributed by atoms with Gasteiger partial charge in [-0.2, -0.15) is 0 Å². The number of hydrogen-bond acceptors (Lipinski definition) is 3. The second-order valence-corrected chi connectivity index (χ2v) is 4.97. The summed E-state index contributed by atoms with van der Waals surface area (Å²) in [5, 5.41) is 11.7. The van der Waals surface area contributed by atoms with Gasteiger partial charge in [-0.1, -0.05) is 12.8 Å². The van der Waals surface area contributed by atoms with Gasteiger partial charge in [-0.15, -0.1) is 0 Å². The molecule has 0 radical (unpaired) electrons. The van der Waals surface area contributed by atoms with Crippen molar-refractivity contribution in [3.63, 3.8) is 0 Å². The maximum Gasteiger partial charge on any atom is 0.305 e. The van der Waals surface area contributed by atoms with Crippen LogP contribution in [-0.2, 0) is 14.3 Å². The minimum absolute atomic E-state index is 0.000230. The van der Waals surface area contributed by atoms with Gasteiger partial charge in [-0.05, 0) is 26.7 Å². The number of nitrogens with one attached hydrogen (secondary N) is 1. The molecule has 0 aromatic heterocycles. The van der Waals surface area contributed by atoms with Crippen molar-refractivity contribution in [2.45, 2.75) is 57.6 Å². The van der Waals surface area contributed by atoms with Crippen molar-refractivity contribution < 1.29 is 19.4 Å². The highest BCUT2D eigenvalue weighted by Gasteiger charge is 2.37. The zero-order chi connectivity index (χ0) is 12.9. The van der Waals surface area contributed by atoms with Gasteiger partial charge in [0, 0.05) is 0 Å². The van der Waals surface area contributed by atoms with Gasteiger partial charge < -0.3 is 15.2 Å². The second kappa shape index (κ2) is 6.00. The van der Waals surface area contributed by atoms with E-state index in [9.17, 15) is 9.59 Å². The Kier molecular flexibility index (Phi) is 4.93. The van der Waals surface area contributed by atoms with Gasteiger partial charge in [0.2, 0.25) is 5.91 Å². The van der Waals surface area contributed by atoms with Crippen LogP contribution < -0.4 is 5.32 Å². The van der Waals surface area contributed by atoms with E-state index < -0.39 is 11.5 Å². The molecule has 17 heavy (non-hydrogen) atoms. The van der Waals surface area contributed by atoms with E-state index in [1.165, 1.54) is 0 Å². The van der Waals surface area contributed by atoms with E-state index in [1.54, 1.807) is 0 Å². The Morgan fingerprint density at radius 1 is 1.35 bits per heavy atom. The van der Waals surface area contributed by atoms with E-state index in [-0.39, 0.29) is 25.0 Å². The molecule has 0 aromatic carbocycles. The maximum absolute atomic E-state index is 11.7. The van der Waals surface area contributed by atoms with Gasteiger partial charge in [0.15, 0.2) is 0 Å². The molecular weight excluding hydrogens is 222 g/mol. The largest absolute Gasteiger partial charge is 0.481 e. The van der Waals surface area contributed by atoms with Crippen LogP contribution in [0.25, 0.3) is 0 Å². The van der Waals surface area contributed by atoms with Crippen molar-refractivity contribution in [1.82, 2.24) is 5.32 Å². The SMILES string of the molecule is CC(C)OCC(=O)NC1(CC(=O)O)CCCC1. The predicted molar refractivity (Wildman–Crippen MR) is 62.7 cm³/mol. The Hall–Kier alpha value is -1.10. The molecule has 5 heteroatoms. The summed E-state index contributed by atoms with van der Waals surface area (Å²) in [6, 6.07) is 0. The first kappa shape index (κ1) is 14.0. The highest BCUT2D eigenvalue weighted by molar-refractivity contribution is 5.79. The van der Waals surface area contributed by atoms with Crippen LogP contribution in [0.2, 0.25) is 0 Å². The fraction of sp³-hybridized carbons (Fsp3) is 0.833. The number of carbonyl (C=O) groups excluding carboxylic acids is 1. The van der Waals surface area contributed by atoms with E-state index in [1.807, 2.05) is 13.8 Å². The third-order valence-corrected chi connectivity index (χ3v) is 3.00. The number of hydrogen-bond donors (Lipinski definition) is 2. The zero-order valence-corrected chi connectivity index (χ0v) is 10.5. The monoisotopic (exact) mass is 243 g/mol. The van der Waals surface area contributed by atoms with Crippen molar-refractivity contribution in [2.24, 2.45) is 0 Å². The molecule has 1 aliphatic carbocycles. The molecule has 0 unspecified atom stereocenters. The number of ether oxygens (including phenoxy) is 1. The van der Waals surface area contributed by atoms with E-state index in [0.717, 1.165) is 25.7 Å². The van der Waals surface area contributed by atoms with Gasteiger partial charge in [-0.3, -0.25) is 9.59 Å². The molecule has 0 aromatic rings. The molecule has 0 saturated heterocycles. The Bertz CT molecular complexity index is 282. The standard InChI is InChI=1S/C12H21NO4/c1-9(2)17-8-10(14)13-12(7-11(15)16)5-3-4-6-12/h9H,3-8H2,1-2H3,(H,13,14)(H,15,16). The van der Waals surface area contributed by atoms with Crippen molar-refractivity contribution >= 4 is 11.9 Å². The minimum atomic E-state index is -0.864. The predicted octanol–water partition coefficient (Wildman–Crippen LogP) is 1.32. The van der Waals surface area contributed by atoms with E-state index in [0.29, 0.717) is 0 Å². The van der Waals surface area contributed by atoms with Crippen molar-refractivity contribution in [2.75, 3.05) is 6.61 Å². The van der Waals surface area contributed by atoms with Crippen LogP contribution >= 0.6 is 0 Å². The van der Waals surface area contributed by atoms with Crippen LogP contribution in [0.15, 0.2) is 0 Å². The molecule has 1 fully saturated rings. The molecular formula is C12H21NO4. The molecule has 1 aliphatic rings. The van der Waals surface area contributed by atoms with E-state index in [2.05, 4.69) is 5.32 Å². The molecule has 5 nitrogen and oxygen atoms in total. The van der Waals surface area contributed by atoms with E-state index in [4.69, 9.17) is 9.84 Å². The van der Waals surface area contributed by atoms with Gasteiger partial charge in [0.1, 0.15) is 6.61 Å². The molecule has 0 aliphatic heterocycles. The Labute approximate surface area is 102 Å². The molecule has 1 saturated carbocycles. The first-order valence-corrected chi connectivity index (χ1v) is 6.08. The number of rotatable bonds is 6. The third kappa shape index (κ3) is 4.73. The molecule has 1 amide bonds. The summed E-state index contributed by atoms with van der Waals surface area (Å²) < 4.78 is 5.20. The summed E-state index contributed by atoms with van der Waals surface area (Å²) in [4.78, 5) is 22.5. The minimum Gasteiger partial charge on any atom is -0.481 e.